The third-order valence-electron chi connectivity index (χ3n) is 4.74. The lowest BCUT2D eigenvalue weighted by Gasteiger charge is -2.25. The van der Waals surface area contributed by atoms with E-state index < -0.39 is 10.0 Å². The summed E-state index contributed by atoms with van der Waals surface area (Å²) >= 11 is 0. The Hall–Kier alpha value is -2.87. The molecule has 1 amide bonds. The number of rotatable bonds is 7. The first-order valence-corrected chi connectivity index (χ1v) is 11.8. The third-order valence-corrected chi connectivity index (χ3v) is 5.33. The topological polar surface area (TPSA) is 88.1 Å². The fourth-order valence-corrected chi connectivity index (χ4v) is 4.03. The Kier molecular flexibility index (Phi) is 6.45. The lowest BCUT2D eigenvalue weighted by molar-refractivity contribution is -0.136. The predicted octanol–water partition coefficient (Wildman–Crippen LogP) is 3.79. The minimum atomic E-state index is -3.46. The Bertz CT molecular complexity index is 1060. The molecule has 2 aromatic carbocycles. The first kappa shape index (κ1) is 21.8. The molecule has 1 N–H and O–H groups in total. The van der Waals surface area contributed by atoms with E-state index in [2.05, 4.69) is 9.82 Å². The van der Waals surface area contributed by atoms with Crippen LogP contribution >= 0.6 is 0 Å². The minimum absolute atomic E-state index is 0.102. The number of benzene rings is 2. The first-order chi connectivity index (χ1) is 14.2. The van der Waals surface area contributed by atoms with Gasteiger partial charge in [0.2, 0.25) is 15.9 Å². The maximum Gasteiger partial charge on any atom is 0.245 e. The highest BCUT2D eigenvalue weighted by atomic mass is 32.2. The lowest BCUT2D eigenvalue weighted by atomic mass is 9.96. The summed E-state index contributed by atoms with van der Waals surface area (Å²) in [6, 6.07) is 14.4. The van der Waals surface area contributed by atoms with Crippen molar-refractivity contribution >= 4 is 27.3 Å². The molecule has 1 heterocycles. The van der Waals surface area contributed by atoms with E-state index in [0.717, 1.165) is 11.8 Å². The van der Waals surface area contributed by atoms with E-state index in [9.17, 15) is 13.2 Å². The van der Waals surface area contributed by atoms with Crippen LogP contribution in [0.2, 0.25) is 0 Å². The average molecular weight is 430 g/mol. The molecular formula is C22H27N3O4S. The van der Waals surface area contributed by atoms with Crippen LogP contribution in [0.15, 0.2) is 53.6 Å². The summed E-state index contributed by atoms with van der Waals surface area (Å²) in [5.41, 5.74) is 2.61. The molecule has 0 radical (unpaired) electrons. The van der Waals surface area contributed by atoms with E-state index in [1.165, 1.54) is 5.01 Å². The molecule has 1 aliphatic heterocycles. The SMILES string of the molecule is CCOc1ccccc1[C@H]1CC(c2ccccc2NS(C)(=O)=O)=NN1C(=O)C(C)C. The van der Waals surface area contributed by atoms with Crippen molar-refractivity contribution in [1.29, 1.82) is 0 Å². The smallest absolute Gasteiger partial charge is 0.245 e. The molecular weight excluding hydrogens is 402 g/mol. The number of nitrogens with one attached hydrogen (secondary N) is 1. The van der Waals surface area contributed by atoms with Crippen LogP contribution in [0.5, 0.6) is 5.75 Å². The second-order valence-electron chi connectivity index (χ2n) is 7.49. The Morgan fingerprint density at radius 1 is 1.20 bits per heavy atom. The highest BCUT2D eigenvalue weighted by Crippen LogP contribution is 2.39. The highest BCUT2D eigenvalue weighted by molar-refractivity contribution is 7.92. The van der Waals surface area contributed by atoms with Crippen molar-refractivity contribution in [1.82, 2.24) is 5.01 Å². The fraction of sp³-hybridized carbons (Fsp3) is 0.364. The number of carbonyl (C=O) groups excluding carboxylic acids is 1. The lowest BCUT2D eigenvalue weighted by Crippen LogP contribution is -2.30. The maximum atomic E-state index is 13.0. The molecule has 0 aromatic heterocycles. The maximum absolute atomic E-state index is 13.0. The number of sulfonamides is 1. The molecule has 0 unspecified atom stereocenters. The van der Waals surface area contributed by atoms with E-state index in [1.54, 1.807) is 18.2 Å². The van der Waals surface area contributed by atoms with Gasteiger partial charge in [-0.3, -0.25) is 9.52 Å². The molecule has 0 spiro atoms. The van der Waals surface area contributed by atoms with E-state index in [0.29, 0.717) is 35.7 Å². The standard InChI is InChI=1S/C22H27N3O4S/c1-5-29-21-13-9-7-11-17(21)20-14-19(23-25(20)22(26)15(2)3)16-10-6-8-12-18(16)24-30(4,27)28/h6-13,15,20,24H,5,14H2,1-4H3/t20-/m1/s1. The summed E-state index contributed by atoms with van der Waals surface area (Å²) in [6.07, 6.45) is 1.56. The predicted molar refractivity (Wildman–Crippen MR) is 118 cm³/mol. The van der Waals surface area contributed by atoms with Gasteiger partial charge in [-0.25, -0.2) is 13.4 Å². The largest absolute Gasteiger partial charge is 0.494 e. The van der Waals surface area contributed by atoms with E-state index in [1.807, 2.05) is 51.1 Å². The van der Waals surface area contributed by atoms with Crippen LogP contribution in [-0.4, -0.2) is 37.9 Å². The van der Waals surface area contributed by atoms with Gasteiger partial charge >= 0.3 is 0 Å². The molecule has 3 rings (SSSR count). The number of hydrazone groups is 1. The number of para-hydroxylation sites is 2. The molecule has 160 valence electrons. The molecule has 0 fully saturated rings. The molecule has 1 aliphatic rings. The molecule has 0 bridgehead atoms. The van der Waals surface area contributed by atoms with Gasteiger partial charge < -0.3 is 4.74 Å². The van der Waals surface area contributed by atoms with Crippen LogP contribution in [-0.2, 0) is 14.8 Å². The quantitative estimate of drug-likeness (QED) is 0.725. The second kappa shape index (κ2) is 8.87. The van der Waals surface area contributed by atoms with E-state index in [4.69, 9.17) is 4.74 Å². The van der Waals surface area contributed by atoms with Crippen LogP contribution in [0.25, 0.3) is 0 Å². The fourth-order valence-electron chi connectivity index (χ4n) is 3.45. The number of anilines is 1. The summed E-state index contributed by atoms with van der Waals surface area (Å²) in [6.45, 7) is 6.09. The summed E-state index contributed by atoms with van der Waals surface area (Å²) in [7, 11) is -3.46. The van der Waals surface area contributed by atoms with Crippen molar-refractivity contribution in [3.05, 3.63) is 59.7 Å². The number of hydrogen-bond donors (Lipinski definition) is 1. The zero-order valence-corrected chi connectivity index (χ0v) is 18.4. The van der Waals surface area contributed by atoms with Gasteiger partial charge in [-0.05, 0) is 19.1 Å². The zero-order chi connectivity index (χ0) is 21.9. The molecule has 0 saturated carbocycles. The van der Waals surface area contributed by atoms with Crippen LogP contribution in [0, 0.1) is 5.92 Å². The monoisotopic (exact) mass is 429 g/mol. The van der Waals surface area contributed by atoms with Crippen LogP contribution < -0.4 is 9.46 Å². The Balaban J connectivity index is 2.06. The van der Waals surface area contributed by atoms with Crippen LogP contribution in [0.1, 0.15) is 44.4 Å². The molecule has 0 saturated heterocycles. The van der Waals surface area contributed by atoms with Gasteiger partial charge in [-0.1, -0.05) is 50.2 Å². The van der Waals surface area contributed by atoms with Crippen molar-refractivity contribution < 1.29 is 17.9 Å². The number of carbonyl (C=O) groups is 1. The summed E-state index contributed by atoms with van der Waals surface area (Å²) in [5.74, 6) is 0.375. The Morgan fingerprint density at radius 3 is 2.53 bits per heavy atom. The van der Waals surface area contributed by atoms with Crippen LogP contribution in [0.4, 0.5) is 5.69 Å². The third kappa shape index (κ3) is 4.81. The number of hydrogen-bond acceptors (Lipinski definition) is 5. The molecule has 1 atom stereocenters. The van der Waals surface area contributed by atoms with Gasteiger partial charge in [0.05, 0.1) is 30.3 Å². The molecule has 8 heteroatoms. The van der Waals surface area contributed by atoms with E-state index >= 15 is 0 Å². The van der Waals surface area contributed by atoms with Gasteiger partial charge in [0.15, 0.2) is 0 Å². The van der Waals surface area contributed by atoms with Crippen molar-refractivity contribution in [2.45, 2.75) is 33.2 Å². The summed E-state index contributed by atoms with van der Waals surface area (Å²) in [5, 5.41) is 6.15. The molecule has 7 nitrogen and oxygen atoms in total. The molecule has 30 heavy (non-hydrogen) atoms. The van der Waals surface area contributed by atoms with Crippen molar-refractivity contribution in [3.8, 4) is 5.75 Å². The van der Waals surface area contributed by atoms with E-state index in [-0.39, 0.29) is 17.9 Å². The minimum Gasteiger partial charge on any atom is -0.494 e. The van der Waals surface area contributed by atoms with Gasteiger partial charge in [0, 0.05) is 23.5 Å². The summed E-state index contributed by atoms with van der Waals surface area (Å²) in [4.78, 5) is 13.0. The zero-order valence-electron chi connectivity index (χ0n) is 17.6. The van der Waals surface area contributed by atoms with Gasteiger partial charge in [-0.15, -0.1) is 0 Å². The second-order valence-corrected chi connectivity index (χ2v) is 9.24. The van der Waals surface area contributed by atoms with Gasteiger partial charge in [0.25, 0.3) is 0 Å². The highest BCUT2D eigenvalue weighted by Gasteiger charge is 2.36. The summed E-state index contributed by atoms with van der Waals surface area (Å²) < 4.78 is 31.9. The van der Waals surface area contributed by atoms with Crippen molar-refractivity contribution in [2.75, 3.05) is 17.6 Å². The molecule has 0 aliphatic carbocycles. The number of amides is 1. The normalized spacial score (nSPS) is 16.5. The molecule has 2 aromatic rings. The average Bonchev–Trinajstić information content (AvgIpc) is 3.12. The number of nitrogens with zero attached hydrogens (tertiary/aromatic N) is 2. The Labute approximate surface area is 177 Å². The number of ether oxygens (including phenoxy) is 1. The first-order valence-electron chi connectivity index (χ1n) is 9.90. The van der Waals surface area contributed by atoms with Gasteiger partial charge in [0.1, 0.15) is 5.75 Å². The van der Waals surface area contributed by atoms with Crippen molar-refractivity contribution in [2.24, 2.45) is 11.0 Å². The van der Waals surface area contributed by atoms with Crippen LogP contribution in [0.3, 0.4) is 0 Å². The van der Waals surface area contributed by atoms with Gasteiger partial charge in [-0.2, -0.15) is 5.10 Å². The van der Waals surface area contributed by atoms with Crippen molar-refractivity contribution in [3.63, 3.8) is 0 Å². The Morgan fingerprint density at radius 2 is 1.87 bits per heavy atom.